The van der Waals surface area contributed by atoms with Gasteiger partial charge in [0, 0.05) is 34.5 Å². The van der Waals surface area contributed by atoms with Crippen LogP contribution in [-0.4, -0.2) is 48.5 Å². The van der Waals surface area contributed by atoms with E-state index in [2.05, 4.69) is 33.0 Å². The third-order valence-electron chi connectivity index (χ3n) is 6.54. The molecular weight excluding hydrogens is 474 g/mol. The third-order valence-corrected chi connectivity index (χ3v) is 8.03. The molecule has 0 aliphatic carbocycles. The minimum Gasteiger partial charge on any atom is -0.382 e. The van der Waals surface area contributed by atoms with Gasteiger partial charge < -0.3 is 14.1 Å². The summed E-state index contributed by atoms with van der Waals surface area (Å²) in [6.45, 7) is 3.08. The highest BCUT2D eigenvalue weighted by Crippen LogP contribution is 2.38. The predicted octanol–water partition coefficient (Wildman–Crippen LogP) is 4.33. The van der Waals surface area contributed by atoms with E-state index in [0.717, 1.165) is 41.9 Å². The fourth-order valence-corrected chi connectivity index (χ4v) is 6.21. The number of piperidine rings is 1. The number of fused-ring (bicyclic) bond motifs is 2. The first kappa shape index (κ1) is 23.2. The predicted molar refractivity (Wildman–Crippen MR) is 134 cm³/mol. The molecule has 0 unspecified atom stereocenters. The molecule has 0 saturated carbocycles. The van der Waals surface area contributed by atoms with Crippen molar-refractivity contribution in [2.24, 2.45) is 0 Å². The second kappa shape index (κ2) is 9.60. The minimum atomic E-state index is -3.80. The van der Waals surface area contributed by atoms with E-state index in [-0.39, 0.29) is 29.8 Å². The number of likely N-dealkylation sites (tertiary alicyclic amines) is 1. The highest BCUT2D eigenvalue weighted by atomic mass is 35.5. The van der Waals surface area contributed by atoms with Crippen molar-refractivity contribution in [3.05, 3.63) is 53.6 Å². The van der Waals surface area contributed by atoms with E-state index in [0.29, 0.717) is 17.5 Å². The number of benzene rings is 2. The summed E-state index contributed by atoms with van der Waals surface area (Å²) in [6.07, 6.45) is 3.95. The molecule has 34 heavy (non-hydrogen) atoms. The van der Waals surface area contributed by atoms with Gasteiger partial charge in [0.1, 0.15) is 5.75 Å². The first-order valence-electron chi connectivity index (χ1n) is 11.7. The zero-order valence-corrected chi connectivity index (χ0v) is 20.5. The van der Waals surface area contributed by atoms with E-state index in [1.54, 1.807) is 12.1 Å². The van der Waals surface area contributed by atoms with Crippen LogP contribution < -0.4 is 9.50 Å². The number of nitrogens with one attached hydrogen (secondary N) is 1. The number of amides is 1. The zero-order chi connectivity index (χ0) is 23.7. The molecule has 7 nitrogen and oxygen atoms in total. The quantitative estimate of drug-likeness (QED) is 0.367. The molecule has 3 heterocycles. The van der Waals surface area contributed by atoms with Gasteiger partial charge in [-0.2, -0.15) is 8.42 Å². The fraction of sp³-hybridized carbons (Fsp3) is 0.400. The maximum Gasteiger partial charge on any atom is 0.309 e. The maximum absolute atomic E-state index is 12.9. The Morgan fingerprint density at radius 2 is 1.85 bits per heavy atom. The monoisotopic (exact) mass is 501 g/mol. The molecule has 0 atom stereocenters. The van der Waals surface area contributed by atoms with Crippen molar-refractivity contribution in [1.82, 2.24) is 14.8 Å². The lowest BCUT2D eigenvalue weighted by molar-refractivity contribution is 0.0966. The molecule has 1 amide bonds. The molecule has 1 fully saturated rings. The molecule has 1 N–H and O–H groups in total. The van der Waals surface area contributed by atoms with Crippen molar-refractivity contribution < 1.29 is 17.4 Å². The molecular formula is C25H28ClN3O4S. The molecule has 0 spiro atoms. The smallest absolute Gasteiger partial charge is 0.309 e. The van der Waals surface area contributed by atoms with Crippen molar-refractivity contribution >= 4 is 38.5 Å². The summed E-state index contributed by atoms with van der Waals surface area (Å²) in [5.41, 5.74) is 3.89. The topological polar surface area (TPSA) is 80.6 Å². The molecule has 180 valence electrons. The Labute approximate surface area is 204 Å². The highest BCUT2D eigenvalue weighted by Gasteiger charge is 2.30. The van der Waals surface area contributed by atoms with Crippen LogP contribution in [0, 0.1) is 0 Å². The zero-order valence-electron chi connectivity index (χ0n) is 18.9. The average Bonchev–Trinajstić information content (AvgIpc) is 3.40. The molecule has 1 saturated heterocycles. The van der Waals surface area contributed by atoms with Crippen molar-refractivity contribution in [3.8, 4) is 17.0 Å². The largest absolute Gasteiger partial charge is 0.382 e. The van der Waals surface area contributed by atoms with Crippen LogP contribution >= 0.6 is 11.6 Å². The van der Waals surface area contributed by atoms with Crippen LogP contribution in [0.3, 0.4) is 0 Å². The van der Waals surface area contributed by atoms with E-state index >= 15 is 0 Å². The number of nitrogens with zero attached hydrogens (tertiary/aromatic N) is 2. The molecule has 0 radical (unpaired) electrons. The van der Waals surface area contributed by atoms with Crippen LogP contribution in [0.5, 0.6) is 5.75 Å². The first-order chi connectivity index (χ1) is 16.5. The third kappa shape index (κ3) is 4.54. The number of hydrogen-bond donors (Lipinski definition) is 1. The SMILES string of the molecule is O=C1NCc2c(OS(=O)(=O)CCCCl)ccc(-c3cc4ccccc4n3CN3CCCCC3)c21. The summed E-state index contributed by atoms with van der Waals surface area (Å²) >= 11 is 5.65. The lowest BCUT2D eigenvalue weighted by Crippen LogP contribution is -2.31. The standard InChI is InChI=1S/C25H28ClN3O4S/c26-11-6-14-34(31,32)33-23-10-9-19(24-20(23)16-27-25(24)30)22-15-18-7-2-3-8-21(18)29(22)17-28-12-4-1-5-13-28/h2-3,7-10,15H,1,4-6,11-14,16-17H2,(H,27,30). The summed E-state index contributed by atoms with van der Waals surface area (Å²) in [5.74, 6) is 0.0495. The van der Waals surface area contributed by atoms with Gasteiger partial charge in [0.15, 0.2) is 0 Å². The molecule has 9 heteroatoms. The summed E-state index contributed by atoms with van der Waals surface area (Å²) < 4.78 is 32.5. The van der Waals surface area contributed by atoms with E-state index < -0.39 is 10.1 Å². The van der Waals surface area contributed by atoms with Crippen LogP contribution in [0.4, 0.5) is 0 Å². The lowest BCUT2D eigenvalue weighted by Gasteiger charge is -2.28. The molecule has 1 aromatic heterocycles. The first-order valence-corrected chi connectivity index (χ1v) is 13.8. The summed E-state index contributed by atoms with van der Waals surface area (Å²) in [5, 5.41) is 3.95. The average molecular weight is 502 g/mol. The maximum atomic E-state index is 12.9. The highest BCUT2D eigenvalue weighted by molar-refractivity contribution is 7.87. The van der Waals surface area contributed by atoms with Gasteiger partial charge in [-0.1, -0.05) is 24.6 Å². The van der Waals surface area contributed by atoms with Crippen molar-refractivity contribution in [2.75, 3.05) is 24.7 Å². The van der Waals surface area contributed by atoms with Crippen molar-refractivity contribution in [1.29, 1.82) is 0 Å². The van der Waals surface area contributed by atoms with Crippen LogP contribution in [0.1, 0.15) is 41.6 Å². The Hall–Kier alpha value is -2.55. The molecule has 3 aromatic rings. The number of aromatic nitrogens is 1. The Morgan fingerprint density at radius 3 is 2.65 bits per heavy atom. The van der Waals surface area contributed by atoms with Gasteiger partial charge in [-0.25, -0.2) is 0 Å². The molecule has 2 aliphatic heterocycles. The summed E-state index contributed by atoms with van der Waals surface area (Å²) in [6, 6.07) is 13.8. The van der Waals surface area contributed by atoms with Crippen LogP contribution in [0.25, 0.3) is 22.2 Å². The van der Waals surface area contributed by atoms with Gasteiger partial charge in [-0.3, -0.25) is 9.69 Å². The fourth-order valence-electron chi connectivity index (χ4n) is 4.91. The number of carbonyl (C=O) groups is 1. The number of para-hydroxylation sites is 1. The Morgan fingerprint density at radius 1 is 1.06 bits per heavy atom. The van der Waals surface area contributed by atoms with Gasteiger partial charge in [0.25, 0.3) is 5.91 Å². The Kier molecular flexibility index (Phi) is 6.55. The van der Waals surface area contributed by atoms with E-state index in [1.165, 1.54) is 19.3 Å². The number of carbonyl (C=O) groups excluding carboxylic acids is 1. The number of rotatable bonds is 8. The van der Waals surface area contributed by atoms with Crippen LogP contribution in [-0.2, 0) is 23.3 Å². The molecule has 2 aliphatic rings. The van der Waals surface area contributed by atoms with E-state index in [1.807, 2.05) is 12.1 Å². The molecule has 2 aromatic carbocycles. The van der Waals surface area contributed by atoms with Gasteiger partial charge in [0.05, 0.1) is 23.7 Å². The normalized spacial score (nSPS) is 16.6. The Balaban J connectivity index is 1.59. The minimum absolute atomic E-state index is 0.168. The van der Waals surface area contributed by atoms with Gasteiger partial charge >= 0.3 is 10.1 Å². The molecule has 5 rings (SSSR count). The second-order valence-corrected chi connectivity index (χ2v) is 10.9. The van der Waals surface area contributed by atoms with Crippen LogP contribution in [0.15, 0.2) is 42.5 Å². The number of alkyl halides is 1. The second-order valence-electron chi connectivity index (χ2n) is 8.87. The van der Waals surface area contributed by atoms with Gasteiger partial charge in [0.2, 0.25) is 0 Å². The van der Waals surface area contributed by atoms with E-state index in [9.17, 15) is 13.2 Å². The number of hydrogen-bond acceptors (Lipinski definition) is 5. The molecule has 0 bridgehead atoms. The lowest BCUT2D eigenvalue weighted by atomic mass is 9.99. The number of halogens is 1. The Bertz CT molecular complexity index is 1330. The van der Waals surface area contributed by atoms with Crippen molar-refractivity contribution in [3.63, 3.8) is 0 Å². The van der Waals surface area contributed by atoms with Gasteiger partial charge in [-0.05, 0) is 56.6 Å². The van der Waals surface area contributed by atoms with Crippen molar-refractivity contribution in [2.45, 2.75) is 38.9 Å². The van der Waals surface area contributed by atoms with E-state index in [4.69, 9.17) is 15.8 Å². The summed E-state index contributed by atoms with van der Waals surface area (Å²) in [4.78, 5) is 15.4. The van der Waals surface area contributed by atoms with Gasteiger partial charge in [-0.15, -0.1) is 11.6 Å². The van der Waals surface area contributed by atoms with Crippen LogP contribution in [0.2, 0.25) is 0 Å². The summed E-state index contributed by atoms with van der Waals surface area (Å²) in [7, 11) is -3.80.